The lowest BCUT2D eigenvalue weighted by molar-refractivity contribution is -0.0372. The van der Waals surface area contributed by atoms with Crippen LogP contribution in [0.5, 0.6) is 0 Å². The molecule has 5 heteroatoms. The topological polar surface area (TPSA) is 29.5 Å². The zero-order valence-corrected chi connectivity index (χ0v) is 12.0. The van der Waals surface area contributed by atoms with Crippen LogP contribution in [-0.2, 0) is 4.74 Å². The number of ether oxygens (including phenoxy) is 1. The van der Waals surface area contributed by atoms with Gasteiger partial charge in [0.2, 0.25) is 0 Å². The zero-order chi connectivity index (χ0) is 13.3. The van der Waals surface area contributed by atoms with E-state index in [1.807, 2.05) is 13.8 Å². The van der Waals surface area contributed by atoms with E-state index >= 15 is 0 Å². The number of hydrogen-bond donors (Lipinski definition) is 0. The van der Waals surface area contributed by atoms with Crippen LogP contribution < -0.4 is 0 Å². The van der Waals surface area contributed by atoms with E-state index < -0.39 is 11.4 Å². The van der Waals surface area contributed by atoms with Crippen molar-refractivity contribution in [3.63, 3.8) is 0 Å². The van der Waals surface area contributed by atoms with Crippen molar-refractivity contribution in [2.45, 2.75) is 19.4 Å². The summed E-state index contributed by atoms with van der Waals surface area (Å²) in [5, 5.41) is 0. The Kier molecular flexibility index (Phi) is 3.73. The van der Waals surface area contributed by atoms with Crippen LogP contribution in [0.3, 0.4) is 0 Å². The molecular weight excluding hydrogens is 301 g/mol. The Labute approximate surface area is 114 Å². The monoisotopic (exact) mass is 315 g/mol. The SMILES string of the molecule is CC1(C)COCCN1C(=O)c1cccc(Br)c1F. The molecule has 98 valence electrons. The first-order valence-electron chi connectivity index (χ1n) is 5.77. The van der Waals surface area contributed by atoms with Crippen LogP contribution >= 0.6 is 15.9 Å². The van der Waals surface area contributed by atoms with Gasteiger partial charge in [0.05, 0.1) is 28.8 Å². The molecule has 1 saturated heterocycles. The highest BCUT2D eigenvalue weighted by atomic mass is 79.9. The van der Waals surface area contributed by atoms with Crippen LogP contribution in [0.4, 0.5) is 4.39 Å². The minimum absolute atomic E-state index is 0.0966. The summed E-state index contributed by atoms with van der Waals surface area (Å²) in [4.78, 5) is 14.1. The summed E-state index contributed by atoms with van der Waals surface area (Å²) in [6, 6.07) is 4.75. The van der Waals surface area contributed by atoms with E-state index in [1.54, 1.807) is 17.0 Å². The summed E-state index contributed by atoms with van der Waals surface area (Å²) in [6.07, 6.45) is 0. The van der Waals surface area contributed by atoms with Crippen LogP contribution in [-0.4, -0.2) is 36.1 Å². The van der Waals surface area contributed by atoms with Gasteiger partial charge in [0.15, 0.2) is 0 Å². The van der Waals surface area contributed by atoms with Gasteiger partial charge in [-0.25, -0.2) is 4.39 Å². The Hall–Kier alpha value is -0.940. The third-order valence-electron chi connectivity index (χ3n) is 3.07. The van der Waals surface area contributed by atoms with Crippen LogP contribution in [0.2, 0.25) is 0 Å². The molecule has 2 rings (SSSR count). The van der Waals surface area contributed by atoms with E-state index in [2.05, 4.69) is 15.9 Å². The molecule has 1 amide bonds. The third-order valence-corrected chi connectivity index (χ3v) is 3.68. The lowest BCUT2D eigenvalue weighted by Crippen LogP contribution is -2.55. The van der Waals surface area contributed by atoms with Crippen molar-refractivity contribution >= 4 is 21.8 Å². The fraction of sp³-hybridized carbons (Fsp3) is 0.462. The lowest BCUT2D eigenvalue weighted by atomic mass is 10.0. The van der Waals surface area contributed by atoms with Gasteiger partial charge in [-0.05, 0) is 41.9 Å². The molecule has 1 fully saturated rings. The predicted molar refractivity (Wildman–Crippen MR) is 70.0 cm³/mol. The number of rotatable bonds is 1. The number of halogens is 2. The first-order valence-corrected chi connectivity index (χ1v) is 6.56. The second kappa shape index (κ2) is 4.97. The first-order chi connectivity index (χ1) is 8.43. The number of carbonyl (C=O) groups excluding carboxylic acids is 1. The van der Waals surface area contributed by atoms with Crippen LogP contribution in [0.15, 0.2) is 22.7 Å². The zero-order valence-electron chi connectivity index (χ0n) is 10.4. The van der Waals surface area contributed by atoms with Gasteiger partial charge in [-0.3, -0.25) is 4.79 Å². The van der Waals surface area contributed by atoms with Crippen LogP contribution in [0.1, 0.15) is 24.2 Å². The Balaban J connectivity index is 2.33. The Morgan fingerprint density at radius 3 is 2.89 bits per heavy atom. The summed E-state index contributed by atoms with van der Waals surface area (Å²) in [5.74, 6) is -0.799. The second-order valence-electron chi connectivity index (χ2n) is 4.92. The molecule has 1 aliphatic rings. The van der Waals surface area contributed by atoms with E-state index in [0.717, 1.165) is 0 Å². The van der Waals surface area contributed by atoms with Crippen LogP contribution in [0.25, 0.3) is 0 Å². The smallest absolute Gasteiger partial charge is 0.257 e. The average molecular weight is 316 g/mol. The molecule has 3 nitrogen and oxygen atoms in total. The molecule has 1 aromatic carbocycles. The quantitative estimate of drug-likeness (QED) is 0.797. The fourth-order valence-corrected chi connectivity index (χ4v) is 2.42. The van der Waals surface area contributed by atoms with Gasteiger partial charge >= 0.3 is 0 Å². The fourth-order valence-electron chi connectivity index (χ4n) is 2.05. The van der Waals surface area contributed by atoms with Crippen molar-refractivity contribution < 1.29 is 13.9 Å². The number of nitrogens with zero attached hydrogens (tertiary/aromatic N) is 1. The van der Waals surface area contributed by atoms with Crippen LogP contribution in [0, 0.1) is 5.82 Å². The van der Waals surface area contributed by atoms with Gasteiger partial charge < -0.3 is 9.64 Å². The van der Waals surface area contributed by atoms with Gasteiger partial charge in [0.25, 0.3) is 5.91 Å². The summed E-state index contributed by atoms with van der Waals surface area (Å²) < 4.78 is 19.6. The molecule has 1 aliphatic heterocycles. The largest absolute Gasteiger partial charge is 0.377 e. The maximum atomic E-state index is 13.9. The van der Waals surface area contributed by atoms with Crippen molar-refractivity contribution in [1.29, 1.82) is 0 Å². The molecule has 0 spiro atoms. The van der Waals surface area contributed by atoms with Gasteiger partial charge in [-0.2, -0.15) is 0 Å². The van der Waals surface area contributed by atoms with E-state index in [-0.39, 0.29) is 11.5 Å². The Morgan fingerprint density at radius 1 is 1.50 bits per heavy atom. The number of benzene rings is 1. The summed E-state index contributed by atoms with van der Waals surface area (Å²) in [7, 11) is 0. The standard InChI is InChI=1S/C13H15BrFNO2/c1-13(2)8-18-7-6-16(13)12(17)9-4-3-5-10(14)11(9)15/h3-5H,6-8H2,1-2H3. The molecule has 0 atom stereocenters. The van der Waals surface area contributed by atoms with Gasteiger partial charge in [0.1, 0.15) is 5.82 Å². The average Bonchev–Trinajstić information content (AvgIpc) is 2.31. The van der Waals surface area contributed by atoms with E-state index in [0.29, 0.717) is 24.2 Å². The molecule has 0 bridgehead atoms. The van der Waals surface area contributed by atoms with E-state index in [9.17, 15) is 9.18 Å². The van der Waals surface area contributed by atoms with Gasteiger partial charge in [0, 0.05) is 6.54 Å². The summed E-state index contributed by atoms with van der Waals surface area (Å²) in [6.45, 7) is 5.27. The van der Waals surface area contributed by atoms with Crippen molar-refractivity contribution in [3.05, 3.63) is 34.1 Å². The summed E-state index contributed by atoms with van der Waals surface area (Å²) in [5.41, 5.74) is -0.316. The van der Waals surface area contributed by atoms with E-state index in [4.69, 9.17) is 4.74 Å². The van der Waals surface area contributed by atoms with Crippen molar-refractivity contribution in [2.24, 2.45) is 0 Å². The molecule has 0 unspecified atom stereocenters. The maximum absolute atomic E-state index is 13.9. The first kappa shape index (κ1) is 13.5. The molecule has 0 N–H and O–H groups in total. The molecule has 0 saturated carbocycles. The lowest BCUT2D eigenvalue weighted by Gasteiger charge is -2.42. The minimum Gasteiger partial charge on any atom is -0.377 e. The number of carbonyl (C=O) groups is 1. The van der Waals surface area contributed by atoms with Crippen molar-refractivity contribution in [1.82, 2.24) is 4.90 Å². The number of morpholine rings is 1. The molecule has 18 heavy (non-hydrogen) atoms. The highest BCUT2D eigenvalue weighted by Crippen LogP contribution is 2.25. The normalized spacial score (nSPS) is 18.8. The number of hydrogen-bond acceptors (Lipinski definition) is 2. The second-order valence-corrected chi connectivity index (χ2v) is 5.78. The predicted octanol–water partition coefficient (Wildman–Crippen LogP) is 2.84. The molecule has 0 radical (unpaired) electrons. The molecule has 0 aromatic heterocycles. The Bertz CT molecular complexity index is 476. The van der Waals surface area contributed by atoms with Crippen molar-refractivity contribution in [2.75, 3.05) is 19.8 Å². The molecular formula is C13H15BrFNO2. The number of amides is 1. The highest BCUT2D eigenvalue weighted by molar-refractivity contribution is 9.10. The maximum Gasteiger partial charge on any atom is 0.257 e. The highest BCUT2D eigenvalue weighted by Gasteiger charge is 2.35. The minimum atomic E-state index is -0.509. The Morgan fingerprint density at radius 2 is 2.22 bits per heavy atom. The van der Waals surface area contributed by atoms with Crippen molar-refractivity contribution in [3.8, 4) is 0 Å². The summed E-state index contributed by atoms with van der Waals surface area (Å²) >= 11 is 3.10. The third kappa shape index (κ3) is 2.42. The molecule has 1 aromatic rings. The molecule has 1 heterocycles. The van der Waals surface area contributed by atoms with E-state index in [1.165, 1.54) is 6.07 Å². The van der Waals surface area contributed by atoms with Gasteiger partial charge in [-0.1, -0.05) is 6.07 Å². The van der Waals surface area contributed by atoms with Gasteiger partial charge in [-0.15, -0.1) is 0 Å². The molecule has 0 aliphatic carbocycles.